The topological polar surface area (TPSA) is 26.0 Å². The van der Waals surface area contributed by atoms with Gasteiger partial charge in [-0.1, -0.05) is 29.8 Å². The first kappa shape index (κ1) is 12.6. The Morgan fingerprint density at radius 2 is 2.07 bits per heavy atom. The highest BCUT2D eigenvalue weighted by atomic mass is 79.9. The Morgan fingerprint density at radius 3 is 2.53 bits per heavy atom. The van der Waals surface area contributed by atoms with Crippen LogP contribution in [0.1, 0.15) is 19.4 Å². The molecule has 1 atom stereocenters. The fraction of sp³-hybridized carbons (Fsp3) is 0.455. The van der Waals surface area contributed by atoms with Gasteiger partial charge in [0.05, 0.1) is 0 Å². The molecule has 1 aromatic rings. The highest BCUT2D eigenvalue weighted by Crippen LogP contribution is 2.35. The van der Waals surface area contributed by atoms with Gasteiger partial charge in [0, 0.05) is 16.6 Å². The van der Waals surface area contributed by atoms with Crippen molar-refractivity contribution < 1.29 is 8.78 Å². The summed E-state index contributed by atoms with van der Waals surface area (Å²) in [5.74, 6) is -0.925. The third-order valence-corrected chi connectivity index (χ3v) is 3.08. The van der Waals surface area contributed by atoms with Crippen LogP contribution in [0.15, 0.2) is 22.7 Å². The standard InChI is InChI=1S/C11H14BrF2N/c1-7(2)11(14,6-15)9-5-8(12)3-4-10(9)13/h3-5,7H,6,15H2,1-2H3. The summed E-state index contributed by atoms with van der Waals surface area (Å²) < 4.78 is 28.6. The van der Waals surface area contributed by atoms with Gasteiger partial charge in [-0.2, -0.15) is 0 Å². The fourth-order valence-electron chi connectivity index (χ4n) is 1.47. The second kappa shape index (κ2) is 4.58. The van der Waals surface area contributed by atoms with Crippen LogP contribution in [0.3, 0.4) is 0 Å². The summed E-state index contributed by atoms with van der Waals surface area (Å²) in [5, 5.41) is 0. The third-order valence-electron chi connectivity index (χ3n) is 2.59. The van der Waals surface area contributed by atoms with Crippen molar-refractivity contribution in [2.45, 2.75) is 19.5 Å². The van der Waals surface area contributed by atoms with Gasteiger partial charge < -0.3 is 5.73 Å². The molecule has 0 radical (unpaired) electrons. The van der Waals surface area contributed by atoms with Gasteiger partial charge in [-0.3, -0.25) is 0 Å². The molecule has 84 valence electrons. The zero-order chi connectivity index (χ0) is 11.6. The van der Waals surface area contributed by atoms with E-state index in [9.17, 15) is 8.78 Å². The van der Waals surface area contributed by atoms with Crippen LogP contribution in [-0.4, -0.2) is 6.54 Å². The molecule has 0 aliphatic carbocycles. The van der Waals surface area contributed by atoms with E-state index in [2.05, 4.69) is 15.9 Å². The minimum atomic E-state index is -1.81. The first-order chi connectivity index (χ1) is 6.91. The van der Waals surface area contributed by atoms with Gasteiger partial charge in [0.15, 0.2) is 5.67 Å². The van der Waals surface area contributed by atoms with Crippen LogP contribution in [0.2, 0.25) is 0 Å². The molecular weight excluding hydrogens is 264 g/mol. The largest absolute Gasteiger partial charge is 0.327 e. The molecule has 1 aromatic carbocycles. The predicted molar refractivity (Wildman–Crippen MR) is 60.8 cm³/mol. The van der Waals surface area contributed by atoms with Crippen molar-refractivity contribution in [3.05, 3.63) is 34.1 Å². The molecule has 0 spiro atoms. The Labute approximate surface area is 96.8 Å². The summed E-state index contributed by atoms with van der Waals surface area (Å²) in [6.45, 7) is 3.15. The van der Waals surface area contributed by atoms with Crippen LogP contribution >= 0.6 is 15.9 Å². The average Bonchev–Trinajstić information content (AvgIpc) is 2.20. The maximum Gasteiger partial charge on any atom is 0.153 e. The molecule has 0 amide bonds. The lowest BCUT2D eigenvalue weighted by atomic mass is 9.85. The summed E-state index contributed by atoms with van der Waals surface area (Å²) in [5.41, 5.74) is 3.61. The van der Waals surface area contributed by atoms with Crippen LogP contribution in [0.5, 0.6) is 0 Å². The Morgan fingerprint density at radius 1 is 1.47 bits per heavy atom. The molecule has 1 rings (SSSR count). The van der Waals surface area contributed by atoms with E-state index in [1.807, 2.05) is 0 Å². The van der Waals surface area contributed by atoms with Gasteiger partial charge >= 0.3 is 0 Å². The number of alkyl halides is 1. The van der Waals surface area contributed by atoms with Crippen LogP contribution < -0.4 is 5.73 Å². The summed E-state index contributed by atoms with van der Waals surface area (Å²) in [4.78, 5) is 0. The predicted octanol–water partition coefficient (Wildman–Crippen LogP) is 3.37. The molecule has 0 heterocycles. The number of hydrogen-bond donors (Lipinski definition) is 1. The van der Waals surface area contributed by atoms with Crippen molar-refractivity contribution in [1.29, 1.82) is 0 Å². The van der Waals surface area contributed by atoms with Crippen molar-refractivity contribution >= 4 is 15.9 Å². The Hall–Kier alpha value is -0.480. The smallest absolute Gasteiger partial charge is 0.153 e. The molecule has 0 fully saturated rings. The van der Waals surface area contributed by atoms with Gasteiger partial charge in [0.1, 0.15) is 5.82 Å². The molecule has 15 heavy (non-hydrogen) atoms. The molecule has 1 unspecified atom stereocenters. The molecule has 0 aliphatic rings. The number of rotatable bonds is 3. The maximum atomic E-state index is 14.4. The minimum absolute atomic E-state index is 0.0226. The van der Waals surface area contributed by atoms with Gasteiger partial charge in [0.25, 0.3) is 0 Å². The zero-order valence-corrected chi connectivity index (χ0v) is 10.3. The number of benzene rings is 1. The summed E-state index contributed by atoms with van der Waals surface area (Å²) in [6.07, 6.45) is 0. The summed E-state index contributed by atoms with van der Waals surface area (Å²) >= 11 is 3.19. The lowest BCUT2D eigenvalue weighted by Gasteiger charge is -2.28. The molecule has 0 saturated heterocycles. The van der Waals surface area contributed by atoms with E-state index >= 15 is 0 Å². The molecule has 4 heteroatoms. The normalized spacial score (nSPS) is 15.4. The third kappa shape index (κ3) is 2.37. The number of nitrogens with two attached hydrogens (primary N) is 1. The summed E-state index contributed by atoms with van der Waals surface area (Å²) in [7, 11) is 0. The van der Waals surface area contributed by atoms with Crippen LogP contribution in [0.25, 0.3) is 0 Å². The molecule has 0 aromatic heterocycles. The van der Waals surface area contributed by atoms with E-state index in [0.717, 1.165) is 0 Å². The molecule has 0 bridgehead atoms. The van der Waals surface area contributed by atoms with Gasteiger partial charge in [-0.05, 0) is 24.1 Å². The number of halogens is 3. The van der Waals surface area contributed by atoms with Gasteiger partial charge in [-0.15, -0.1) is 0 Å². The van der Waals surface area contributed by atoms with Gasteiger partial charge in [0.2, 0.25) is 0 Å². The lowest BCUT2D eigenvalue weighted by Crippen LogP contribution is -2.36. The van der Waals surface area contributed by atoms with Crippen molar-refractivity contribution in [1.82, 2.24) is 0 Å². The molecule has 2 N–H and O–H groups in total. The van der Waals surface area contributed by atoms with E-state index in [1.54, 1.807) is 13.8 Å². The van der Waals surface area contributed by atoms with E-state index < -0.39 is 11.5 Å². The molecule has 0 saturated carbocycles. The Balaban J connectivity index is 3.29. The Bertz CT molecular complexity index is 354. The quantitative estimate of drug-likeness (QED) is 0.901. The van der Waals surface area contributed by atoms with Crippen molar-refractivity contribution in [3.63, 3.8) is 0 Å². The first-order valence-corrected chi connectivity index (χ1v) is 5.55. The van der Waals surface area contributed by atoms with E-state index in [4.69, 9.17) is 5.73 Å². The number of hydrogen-bond acceptors (Lipinski definition) is 1. The highest BCUT2D eigenvalue weighted by molar-refractivity contribution is 9.10. The van der Waals surface area contributed by atoms with Crippen molar-refractivity contribution in [2.24, 2.45) is 11.7 Å². The fourth-order valence-corrected chi connectivity index (χ4v) is 1.83. The van der Waals surface area contributed by atoms with Crippen molar-refractivity contribution in [3.8, 4) is 0 Å². The highest BCUT2D eigenvalue weighted by Gasteiger charge is 2.36. The molecule has 0 aliphatic heterocycles. The zero-order valence-electron chi connectivity index (χ0n) is 8.73. The van der Waals surface area contributed by atoms with Crippen LogP contribution in [0, 0.1) is 11.7 Å². The second-order valence-corrected chi connectivity index (χ2v) is 4.76. The SMILES string of the molecule is CC(C)C(F)(CN)c1cc(Br)ccc1F. The first-order valence-electron chi connectivity index (χ1n) is 4.76. The molecule has 1 nitrogen and oxygen atoms in total. The monoisotopic (exact) mass is 277 g/mol. The minimum Gasteiger partial charge on any atom is -0.327 e. The van der Waals surface area contributed by atoms with Gasteiger partial charge in [-0.25, -0.2) is 8.78 Å². The molecular formula is C11H14BrF2N. The van der Waals surface area contributed by atoms with E-state index in [-0.39, 0.29) is 18.0 Å². The summed E-state index contributed by atoms with van der Waals surface area (Å²) in [6, 6.07) is 4.23. The van der Waals surface area contributed by atoms with Crippen LogP contribution in [-0.2, 0) is 5.67 Å². The van der Waals surface area contributed by atoms with Crippen LogP contribution in [0.4, 0.5) is 8.78 Å². The average molecular weight is 278 g/mol. The maximum absolute atomic E-state index is 14.4. The lowest BCUT2D eigenvalue weighted by molar-refractivity contribution is 0.104. The van der Waals surface area contributed by atoms with E-state index in [0.29, 0.717) is 4.47 Å². The second-order valence-electron chi connectivity index (χ2n) is 3.85. The van der Waals surface area contributed by atoms with E-state index in [1.165, 1.54) is 18.2 Å². The Kier molecular flexibility index (Phi) is 3.84. The van der Waals surface area contributed by atoms with Crippen molar-refractivity contribution in [2.75, 3.05) is 6.54 Å².